The van der Waals surface area contributed by atoms with Crippen molar-refractivity contribution in [1.29, 1.82) is 0 Å². The van der Waals surface area contributed by atoms with Gasteiger partial charge in [0.15, 0.2) is 0 Å². The Morgan fingerprint density at radius 3 is 2.50 bits per heavy atom. The number of halogens is 1. The minimum atomic E-state index is -0.208. The van der Waals surface area contributed by atoms with E-state index in [0.29, 0.717) is 18.2 Å². The molecule has 0 aliphatic heterocycles. The van der Waals surface area contributed by atoms with E-state index in [0.717, 1.165) is 5.56 Å². The van der Waals surface area contributed by atoms with Gasteiger partial charge in [0.05, 0.1) is 25.7 Å². The van der Waals surface area contributed by atoms with Crippen LogP contribution >= 0.6 is 11.6 Å². The minimum absolute atomic E-state index is 0.0574. The quantitative estimate of drug-likeness (QED) is 0.730. The van der Waals surface area contributed by atoms with Crippen LogP contribution in [-0.2, 0) is 14.3 Å². The molecule has 0 bridgehead atoms. The highest BCUT2D eigenvalue weighted by molar-refractivity contribution is 6.31. The van der Waals surface area contributed by atoms with Gasteiger partial charge in [-0.1, -0.05) is 29.8 Å². The number of carbonyl (C=O) groups is 2. The van der Waals surface area contributed by atoms with Crippen LogP contribution in [0.15, 0.2) is 24.3 Å². The Balaban J connectivity index is 2.63. The molecular weight excluding hydrogens is 330 g/mol. The van der Waals surface area contributed by atoms with E-state index in [1.165, 1.54) is 4.90 Å². The van der Waals surface area contributed by atoms with E-state index >= 15 is 0 Å². The van der Waals surface area contributed by atoms with Crippen LogP contribution in [0.3, 0.4) is 0 Å². The van der Waals surface area contributed by atoms with Crippen molar-refractivity contribution in [3.05, 3.63) is 34.9 Å². The van der Waals surface area contributed by atoms with E-state index in [9.17, 15) is 9.59 Å². The Morgan fingerprint density at radius 1 is 1.25 bits per heavy atom. The summed E-state index contributed by atoms with van der Waals surface area (Å²) >= 11 is 6.15. The highest BCUT2D eigenvalue weighted by atomic mass is 35.5. The minimum Gasteiger partial charge on any atom is -0.383 e. The molecule has 6 nitrogen and oxygen atoms in total. The predicted molar refractivity (Wildman–Crippen MR) is 95.0 cm³/mol. The first-order chi connectivity index (χ1) is 11.3. The van der Waals surface area contributed by atoms with Gasteiger partial charge >= 0.3 is 0 Å². The van der Waals surface area contributed by atoms with Crippen molar-refractivity contribution >= 4 is 23.4 Å². The first kappa shape index (κ1) is 20.4. The second-order valence-electron chi connectivity index (χ2n) is 5.80. The molecule has 0 aromatic heterocycles. The largest absolute Gasteiger partial charge is 0.383 e. The fourth-order valence-electron chi connectivity index (χ4n) is 2.16. The molecule has 2 amide bonds. The molecule has 1 rings (SSSR count). The second kappa shape index (κ2) is 10.3. The van der Waals surface area contributed by atoms with Gasteiger partial charge in [0.25, 0.3) is 0 Å². The molecule has 24 heavy (non-hydrogen) atoms. The molecule has 0 spiro atoms. The Hall–Kier alpha value is -1.63. The highest BCUT2D eigenvalue weighted by Crippen LogP contribution is 2.21. The number of nitrogens with zero attached hydrogens (tertiary/aromatic N) is 2. The molecule has 0 aliphatic rings. The number of ether oxygens (including phenoxy) is 1. The average molecular weight is 356 g/mol. The van der Waals surface area contributed by atoms with E-state index in [-0.39, 0.29) is 30.9 Å². The third kappa shape index (κ3) is 6.86. The van der Waals surface area contributed by atoms with Gasteiger partial charge in [0.1, 0.15) is 0 Å². The summed E-state index contributed by atoms with van der Waals surface area (Å²) in [6, 6.07) is 7.19. The number of hydrogen-bond donors (Lipinski definition) is 1. The fourth-order valence-corrected chi connectivity index (χ4v) is 2.46. The first-order valence-electron chi connectivity index (χ1n) is 7.80. The number of methoxy groups -OCH3 is 1. The number of hydrogen-bond acceptors (Lipinski definition) is 4. The average Bonchev–Trinajstić information content (AvgIpc) is 2.52. The molecule has 0 radical (unpaired) electrons. The Bertz CT molecular complexity index is 552. The summed E-state index contributed by atoms with van der Waals surface area (Å²) in [4.78, 5) is 27.5. The zero-order valence-electron chi connectivity index (χ0n) is 14.7. The van der Waals surface area contributed by atoms with Gasteiger partial charge in [0.2, 0.25) is 11.8 Å². The Kier molecular flexibility index (Phi) is 8.74. The van der Waals surface area contributed by atoms with Gasteiger partial charge in [-0.15, -0.1) is 0 Å². The molecule has 1 aromatic carbocycles. The number of likely N-dealkylation sites (N-methyl/N-ethyl adjacent to an activating group) is 1. The smallest absolute Gasteiger partial charge is 0.236 e. The number of amides is 2. The van der Waals surface area contributed by atoms with Crippen LogP contribution in [0.4, 0.5) is 0 Å². The Labute approximate surface area is 148 Å². The lowest BCUT2D eigenvalue weighted by atomic mass is 10.1. The van der Waals surface area contributed by atoms with Crippen molar-refractivity contribution < 1.29 is 14.3 Å². The lowest BCUT2D eigenvalue weighted by Gasteiger charge is -2.24. The highest BCUT2D eigenvalue weighted by Gasteiger charge is 2.18. The molecule has 0 fully saturated rings. The zero-order chi connectivity index (χ0) is 18.1. The monoisotopic (exact) mass is 355 g/mol. The molecule has 0 saturated carbocycles. The lowest BCUT2D eigenvalue weighted by molar-refractivity contribution is -0.131. The summed E-state index contributed by atoms with van der Waals surface area (Å²) in [6.45, 7) is 3.13. The van der Waals surface area contributed by atoms with Crippen molar-refractivity contribution in [1.82, 2.24) is 15.1 Å². The number of nitrogens with one attached hydrogen (secondary N) is 1. The maximum absolute atomic E-state index is 12.3. The lowest BCUT2D eigenvalue weighted by Crippen LogP contribution is -2.44. The van der Waals surface area contributed by atoms with Crippen LogP contribution in [0.5, 0.6) is 0 Å². The zero-order valence-corrected chi connectivity index (χ0v) is 15.5. The molecule has 1 unspecified atom stereocenters. The topological polar surface area (TPSA) is 61.9 Å². The van der Waals surface area contributed by atoms with Gasteiger partial charge in [-0.3, -0.25) is 14.5 Å². The Morgan fingerprint density at radius 2 is 1.92 bits per heavy atom. The maximum atomic E-state index is 12.3. The van der Waals surface area contributed by atoms with Crippen LogP contribution in [0.2, 0.25) is 5.02 Å². The van der Waals surface area contributed by atoms with E-state index in [4.69, 9.17) is 16.3 Å². The fraction of sp³-hybridized carbons (Fsp3) is 0.529. The maximum Gasteiger partial charge on any atom is 0.236 e. The molecule has 1 N–H and O–H groups in total. The van der Waals surface area contributed by atoms with E-state index < -0.39 is 0 Å². The van der Waals surface area contributed by atoms with E-state index in [2.05, 4.69) is 5.32 Å². The van der Waals surface area contributed by atoms with Gasteiger partial charge in [0, 0.05) is 32.8 Å². The van der Waals surface area contributed by atoms with Crippen LogP contribution in [0, 0.1) is 0 Å². The summed E-state index contributed by atoms with van der Waals surface area (Å²) in [5, 5.41) is 3.53. The third-order valence-corrected chi connectivity index (χ3v) is 3.93. The molecule has 1 atom stereocenters. The van der Waals surface area contributed by atoms with Crippen molar-refractivity contribution in [2.45, 2.75) is 13.0 Å². The third-order valence-electron chi connectivity index (χ3n) is 3.59. The van der Waals surface area contributed by atoms with Gasteiger partial charge in [-0.2, -0.15) is 0 Å². The van der Waals surface area contributed by atoms with E-state index in [1.54, 1.807) is 32.2 Å². The van der Waals surface area contributed by atoms with Gasteiger partial charge in [-0.05, 0) is 18.6 Å². The van der Waals surface area contributed by atoms with Crippen LogP contribution in [-0.4, -0.2) is 69.1 Å². The second-order valence-corrected chi connectivity index (χ2v) is 6.21. The van der Waals surface area contributed by atoms with Crippen molar-refractivity contribution in [2.24, 2.45) is 0 Å². The van der Waals surface area contributed by atoms with Crippen molar-refractivity contribution in [2.75, 3.05) is 47.4 Å². The summed E-state index contributed by atoms with van der Waals surface area (Å²) in [5.41, 5.74) is 0.861. The number of benzene rings is 1. The molecule has 0 heterocycles. The number of rotatable bonds is 9. The SMILES string of the molecule is COCCN(CC(=O)NC(C)c1ccccc1Cl)CC(=O)N(C)C. The first-order valence-corrected chi connectivity index (χ1v) is 8.18. The van der Waals surface area contributed by atoms with Crippen molar-refractivity contribution in [3.63, 3.8) is 0 Å². The summed E-state index contributed by atoms with van der Waals surface area (Å²) in [7, 11) is 4.97. The van der Waals surface area contributed by atoms with Gasteiger partial charge < -0.3 is 15.0 Å². The van der Waals surface area contributed by atoms with Crippen LogP contribution in [0.25, 0.3) is 0 Å². The summed E-state index contributed by atoms with van der Waals surface area (Å²) in [5.74, 6) is -0.219. The van der Waals surface area contributed by atoms with Crippen LogP contribution in [0.1, 0.15) is 18.5 Å². The molecule has 0 saturated heterocycles. The molecule has 134 valence electrons. The summed E-state index contributed by atoms with van der Waals surface area (Å²) in [6.07, 6.45) is 0. The van der Waals surface area contributed by atoms with E-state index in [1.807, 2.05) is 25.1 Å². The normalized spacial score (nSPS) is 12.1. The molecule has 0 aliphatic carbocycles. The van der Waals surface area contributed by atoms with Crippen molar-refractivity contribution in [3.8, 4) is 0 Å². The number of carbonyl (C=O) groups excluding carboxylic acids is 2. The molecule has 1 aromatic rings. The van der Waals surface area contributed by atoms with Gasteiger partial charge in [-0.25, -0.2) is 0 Å². The van der Waals surface area contributed by atoms with Crippen LogP contribution < -0.4 is 5.32 Å². The standard InChI is InChI=1S/C17H26ClN3O3/c1-13(14-7-5-6-8-15(14)18)19-16(22)11-21(9-10-24-4)12-17(23)20(2)3/h5-8,13H,9-12H2,1-4H3,(H,19,22). The predicted octanol–water partition coefficient (Wildman–Crippen LogP) is 1.55. The summed E-state index contributed by atoms with van der Waals surface area (Å²) < 4.78 is 5.05. The molecular formula is C17H26ClN3O3. The molecule has 7 heteroatoms.